The number of aliphatic hydroxyl groups is 1. The van der Waals surface area contributed by atoms with Crippen molar-refractivity contribution in [2.24, 2.45) is 4.99 Å². The Morgan fingerprint density at radius 2 is 1.77 bits per heavy atom. The summed E-state index contributed by atoms with van der Waals surface area (Å²) in [6.07, 6.45) is -3.06. The number of rotatable bonds is 4. The summed E-state index contributed by atoms with van der Waals surface area (Å²) in [5.74, 6) is -1.25. The number of thioether (sulfide) groups is 1. The van der Waals surface area contributed by atoms with Gasteiger partial charge >= 0.3 is 12.1 Å². The molecule has 0 spiro atoms. The normalized spacial score (nSPS) is 16.8. The fourth-order valence-corrected chi connectivity index (χ4v) is 3.72. The zero-order valence-corrected chi connectivity index (χ0v) is 17.0. The van der Waals surface area contributed by atoms with Crippen LogP contribution in [0.1, 0.15) is 11.1 Å². The number of carbonyl (C=O) groups is 1. The van der Waals surface area contributed by atoms with E-state index in [1.807, 2.05) is 0 Å². The van der Waals surface area contributed by atoms with Crippen molar-refractivity contribution in [2.75, 3.05) is 14.2 Å². The van der Waals surface area contributed by atoms with Gasteiger partial charge in [0.2, 0.25) is 0 Å². The third-order valence-corrected chi connectivity index (χ3v) is 5.26. The Morgan fingerprint density at radius 1 is 1.10 bits per heavy atom. The van der Waals surface area contributed by atoms with E-state index in [0.29, 0.717) is 5.56 Å². The lowest BCUT2D eigenvalue weighted by atomic mass is 10.1. The maximum Gasteiger partial charge on any atom is 0.416 e. The molecule has 2 aromatic carbocycles. The molecule has 2 aromatic rings. The number of alkyl halides is 3. The van der Waals surface area contributed by atoms with Gasteiger partial charge in [-0.2, -0.15) is 13.2 Å². The molecule has 10 heteroatoms. The standard InChI is InChI=1S/C21H16F3NO5S/c1-29-14-5-3-4-11(17(14)26)10-15-18(27)16(20(28)30-2)19(31-15)25-13-8-6-12(7-9-13)21(22,23)24/h3-10,26-27H,1-2H3/b15-10+,25-19?. The molecule has 2 N–H and O–H groups in total. The molecule has 1 heterocycles. The highest BCUT2D eigenvalue weighted by Gasteiger charge is 2.33. The lowest BCUT2D eigenvalue weighted by Crippen LogP contribution is -2.10. The first-order chi connectivity index (χ1) is 14.7. The second-order valence-electron chi connectivity index (χ2n) is 6.19. The molecule has 1 aliphatic rings. The molecule has 31 heavy (non-hydrogen) atoms. The Bertz CT molecular complexity index is 1100. The zero-order chi connectivity index (χ0) is 22.8. The maximum absolute atomic E-state index is 12.8. The van der Waals surface area contributed by atoms with Crippen molar-refractivity contribution in [3.63, 3.8) is 0 Å². The van der Waals surface area contributed by atoms with Gasteiger partial charge in [0.05, 0.1) is 30.4 Å². The monoisotopic (exact) mass is 451 g/mol. The van der Waals surface area contributed by atoms with E-state index in [1.165, 1.54) is 13.2 Å². The van der Waals surface area contributed by atoms with Gasteiger partial charge in [0, 0.05) is 5.56 Å². The van der Waals surface area contributed by atoms with Crippen molar-refractivity contribution in [3.05, 3.63) is 69.8 Å². The van der Waals surface area contributed by atoms with Gasteiger partial charge in [-0.05, 0) is 36.4 Å². The van der Waals surface area contributed by atoms with E-state index in [1.54, 1.807) is 18.2 Å². The van der Waals surface area contributed by atoms with Crippen molar-refractivity contribution in [3.8, 4) is 11.5 Å². The van der Waals surface area contributed by atoms with Crippen molar-refractivity contribution in [2.45, 2.75) is 6.18 Å². The molecule has 0 unspecified atom stereocenters. The van der Waals surface area contributed by atoms with Crippen LogP contribution in [-0.4, -0.2) is 35.4 Å². The summed E-state index contributed by atoms with van der Waals surface area (Å²) in [6, 6.07) is 8.78. The molecule has 6 nitrogen and oxygen atoms in total. The van der Waals surface area contributed by atoms with Gasteiger partial charge < -0.3 is 19.7 Å². The van der Waals surface area contributed by atoms with Crippen molar-refractivity contribution in [1.29, 1.82) is 0 Å². The fourth-order valence-electron chi connectivity index (χ4n) is 2.69. The van der Waals surface area contributed by atoms with Gasteiger partial charge in [-0.25, -0.2) is 9.79 Å². The van der Waals surface area contributed by atoms with E-state index in [2.05, 4.69) is 4.99 Å². The van der Waals surface area contributed by atoms with Crippen LogP contribution in [-0.2, 0) is 15.7 Å². The molecule has 0 saturated carbocycles. The SMILES string of the molecule is COC(=O)C1=C(O)/C(=C\c2cccc(OC)c2O)SC1=Nc1ccc(C(F)(F)F)cc1. The number of phenols is 1. The third kappa shape index (κ3) is 4.69. The van der Waals surface area contributed by atoms with Gasteiger partial charge in [0.25, 0.3) is 0 Å². The molecule has 0 saturated heterocycles. The fraction of sp³-hybridized carbons (Fsp3) is 0.143. The van der Waals surface area contributed by atoms with E-state index in [4.69, 9.17) is 9.47 Å². The first-order valence-electron chi connectivity index (χ1n) is 8.69. The van der Waals surface area contributed by atoms with Crippen molar-refractivity contribution in [1.82, 2.24) is 0 Å². The number of aliphatic hydroxyl groups excluding tert-OH is 1. The Morgan fingerprint density at radius 3 is 2.35 bits per heavy atom. The predicted molar refractivity (Wildman–Crippen MR) is 110 cm³/mol. The number of aromatic hydroxyl groups is 1. The summed E-state index contributed by atoms with van der Waals surface area (Å²) in [6.45, 7) is 0. The van der Waals surface area contributed by atoms with E-state index < -0.39 is 23.5 Å². The van der Waals surface area contributed by atoms with Gasteiger partial charge in [0.1, 0.15) is 16.4 Å². The Hall–Kier alpha value is -3.40. The van der Waals surface area contributed by atoms with Crippen LogP contribution < -0.4 is 4.74 Å². The first kappa shape index (κ1) is 22.3. The molecule has 0 atom stereocenters. The second-order valence-corrected chi connectivity index (χ2v) is 7.22. The van der Waals surface area contributed by atoms with E-state index >= 15 is 0 Å². The number of hydrogen-bond acceptors (Lipinski definition) is 7. The van der Waals surface area contributed by atoms with Gasteiger partial charge in [0.15, 0.2) is 11.5 Å². The van der Waals surface area contributed by atoms with Crippen molar-refractivity contribution >= 4 is 34.5 Å². The molecule has 0 amide bonds. The van der Waals surface area contributed by atoms with E-state index in [0.717, 1.165) is 43.1 Å². The molecule has 162 valence electrons. The number of para-hydroxylation sites is 1. The summed E-state index contributed by atoms with van der Waals surface area (Å²) in [5.41, 5.74) is -0.610. The number of nitrogens with zero attached hydrogens (tertiary/aromatic N) is 1. The number of aliphatic imine (C=N–C) groups is 1. The quantitative estimate of drug-likeness (QED) is 0.620. The number of benzene rings is 2. The molecule has 0 bridgehead atoms. The Kier molecular flexibility index (Phi) is 6.30. The molecular weight excluding hydrogens is 435 g/mol. The maximum atomic E-state index is 12.8. The highest BCUT2D eigenvalue weighted by molar-refractivity contribution is 8.18. The zero-order valence-electron chi connectivity index (χ0n) is 16.2. The molecule has 0 aliphatic carbocycles. The minimum Gasteiger partial charge on any atom is -0.506 e. The van der Waals surface area contributed by atoms with E-state index in [-0.39, 0.29) is 32.7 Å². The first-order valence-corrected chi connectivity index (χ1v) is 9.51. The summed E-state index contributed by atoms with van der Waals surface area (Å²) in [7, 11) is 2.51. The lowest BCUT2D eigenvalue weighted by Gasteiger charge is -2.06. The van der Waals surface area contributed by atoms with Crippen LogP contribution >= 0.6 is 11.8 Å². The number of esters is 1. The molecular formula is C21H16F3NO5S. The number of halogens is 3. The predicted octanol–water partition coefficient (Wildman–Crippen LogP) is 5.22. The highest BCUT2D eigenvalue weighted by atomic mass is 32.2. The smallest absolute Gasteiger partial charge is 0.416 e. The van der Waals surface area contributed by atoms with Gasteiger partial charge in [-0.3, -0.25) is 0 Å². The molecule has 0 radical (unpaired) electrons. The summed E-state index contributed by atoms with van der Waals surface area (Å²) in [4.78, 5) is 16.6. The number of methoxy groups -OCH3 is 2. The highest BCUT2D eigenvalue weighted by Crippen LogP contribution is 2.42. The third-order valence-electron chi connectivity index (χ3n) is 4.24. The minimum atomic E-state index is -4.49. The molecule has 3 rings (SSSR count). The number of phenolic OH excluding ortho intramolecular Hbond substituents is 1. The molecule has 0 aromatic heterocycles. The average molecular weight is 451 g/mol. The van der Waals surface area contributed by atoms with Crippen LogP contribution in [0.5, 0.6) is 11.5 Å². The lowest BCUT2D eigenvalue weighted by molar-refractivity contribution is -0.137. The van der Waals surface area contributed by atoms with Crippen LogP contribution in [0.2, 0.25) is 0 Å². The number of ether oxygens (including phenoxy) is 2. The second kappa shape index (κ2) is 8.76. The van der Waals surface area contributed by atoms with Gasteiger partial charge in [-0.15, -0.1) is 0 Å². The topological polar surface area (TPSA) is 88.4 Å². The van der Waals surface area contributed by atoms with Crippen LogP contribution in [0, 0.1) is 0 Å². The van der Waals surface area contributed by atoms with Crippen LogP contribution in [0.3, 0.4) is 0 Å². The molecule has 1 aliphatic heterocycles. The van der Waals surface area contributed by atoms with E-state index in [9.17, 15) is 28.2 Å². The van der Waals surface area contributed by atoms with Crippen LogP contribution in [0.15, 0.2) is 63.7 Å². The summed E-state index contributed by atoms with van der Waals surface area (Å²) >= 11 is 0.904. The largest absolute Gasteiger partial charge is 0.506 e. The van der Waals surface area contributed by atoms with Crippen LogP contribution in [0.25, 0.3) is 6.08 Å². The van der Waals surface area contributed by atoms with Crippen LogP contribution in [0.4, 0.5) is 18.9 Å². The van der Waals surface area contributed by atoms with Crippen molar-refractivity contribution < 1.29 is 37.7 Å². The Balaban J connectivity index is 2.03. The van der Waals surface area contributed by atoms with Gasteiger partial charge in [-0.1, -0.05) is 23.9 Å². The molecule has 0 fully saturated rings. The minimum absolute atomic E-state index is 0.0396. The number of hydrogen-bond donors (Lipinski definition) is 2. The summed E-state index contributed by atoms with van der Waals surface area (Å²) < 4.78 is 48.0. The Labute approximate surface area is 179 Å². The number of carbonyl (C=O) groups excluding carboxylic acids is 1. The average Bonchev–Trinajstić information content (AvgIpc) is 3.03. The summed E-state index contributed by atoms with van der Waals surface area (Å²) in [5, 5.41) is 20.9.